The van der Waals surface area contributed by atoms with Crippen LogP contribution in [0.15, 0.2) is 24.3 Å². The summed E-state index contributed by atoms with van der Waals surface area (Å²) in [6, 6.07) is 6.52. The predicted molar refractivity (Wildman–Crippen MR) is 99.0 cm³/mol. The molecule has 1 fully saturated rings. The van der Waals surface area contributed by atoms with Gasteiger partial charge in [0.05, 0.1) is 6.10 Å². The van der Waals surface area contributed by atoms with E-state index in [0.717, 1.165) is 38.7 Å². The van der Waals surface area contributed by atoms with Crippen molar-refractivity contribution < 1.29 is 14.3 Å². The van der Waals surface area contributed by atoms with Crippen LogP contribution >= 0.6 is 0 Å². The Hall–Kier alpha value is -2.28. The first-order chi connectivity index (χ1) is 12.2. The number of carbonyl (C=O) groups is 2. The molecule has 1 saturated heterocycles. The van der Waals surface area contributed by atoms with Crippen molar-refractivity contribution in [1.82, 2.24) is 10.6 Å². The van der Waals surface area contributed by atoms with Crippen molar-refractivity contribution >= 4 is 23.4 Å². The molecule has 1 heterocycles. The van der Waals surface area contributed by atoms with E-state index in [0.29, 0.717) is 24.5 Å². The SMILES string of the molecule is CCCCCNC(=O)Nc1ccc(NC(=O)NC[C@H]2CCCO2)cc1. The number of benzene rings is 1. The van der Waals surface area contributed by atoms with Gasteiger partial charge < -0.3 is 26.0 Å². The summed E-state index contributed by atoms with van der Waals surface area (Å²) < 4.78 is 5.46. The molecular weight excluding hydrogens is 320 g/mol. The van der Waals surface area contributed by atoms with Crippen LogP contribution in [0.3, 0.4) is 0 Å². The smallest absolute Gasteiger partial charge is 0.319 e. The molecule has 1 aromatic carbocycles. The monoisotopic (exact) mass is 348 g/mol. The molecule has 7 nitrogen and oxygen atoms in total. The fraction of sp³-hybridized carbons (Fsp3) is 0.556. The summed E-state index contributed by atoms with van der Waals surface area (Å²) in [4.78, 5) is 23.6. The van der Waals surface area contributed by atoms with E-state index in [9.17, 15) is 9.59 Å². The molecule has 0 unspecified atom stereocenters. The number of unbranched alkanes of at least 4 members (excludes halogenated alkanes) is 2. The van der Waals surface area contributed by atoms with Crippen molar-refractivity contribution in [2.45, 2.75) is 45.1 Å². The fourth-order valence-corrected chi connectivity index (χ4v) is 2.58. The summed E-state index contributed by atoms with van der Waals surface area (Å²) in [5.74, 6) is 0. The maximum atomic E-state index is 11.8. The molecule has 4 amide bonds. The number of urea groups is 2. The molecule has 0 aliphatic carbocycles. The third-order valence-electron chi connectivity index (χ3n) is 3.98. The average Bonchev–Trinajstić information content (AvgIpc) is 3.12. The Morgan fingerprint density at radius 3 is 2.24 bits per heavy atom. The molecule has 1 aromatic rings. The Bertz CT molecular complexity index is 542. The second-order valence-corrected chi connectivity index (χ2v) is 6.14. The lowest BCUT2D eigenvalue weighted by Crippen LogP contribution is -2.35. The number of hydrogen-bond donors (Lipinski definition) is 4. The summed E-state index contributed by atoms with van der Waals surface area (Å²) in [6.07, 6.45) is 5.37. The number of rotatable bonds is 8. The molecule has 0 bridgehead atoms. The third kappa shape index (κ3) is 7.43. The molecule has 0 saturated carbocycles. The molecule has 1 aliphatic rings. The lowest BCUT2D eigenvalue weighted by molar-refractivity contribution is 0.112. The fourth-order valence-electron chi connectivity index (χ4n) is 2.58. The Kier molecular flexibility index (Phi) is 8.04. The molecule has 4 N–H and O–H groups in total. The van der Waals surface area contributed by atoms with Gasteiger partial charge in [0, 0.05) is 31.1 Å². The highest BCUT2D eigenvalue weighted by molar-refractivity contribution is 5.91. The van der Waals surface area contributed by atoms with Crippen LogP contribution in [0.25, 0.3) is 0 Å². The predicted octanol–water partition coefficient (Wildman–Crippen LogP) is 3.30. The Labute approximate surface area is 148 Å². The first kappa shape index (κ1) is 19.1. The maximum absolute atomic E-state index is 11.8. The average molecular weight is 348 g/mol. The van der Waals surface area contributed by atoms with Gasteiger partial charge in [-0.3, -0.25) is 0 Å². The highest BCUT2D eigenvalue weighted by atomic mass is 16.5. The summed E-state index contributed by atoms with van der Waals surface area (Å²) in [6.45, 7) is 4.08. The molecule has 0 aromatic heterocycles. The summed E-state index contributed by atoms with van der Waals surface area (Å²) >= 11 is 0. The van der Waals surface area contributed by atoms with Gasteiger partial charge in [-0.1, -0.05) is 19.8 Å². The van der Waals surface area contributed by atoms with E-state index >= 15 is 0 Å². The topological polar surface area (TPSA) is 91.5 Å². The number of amides is 4. The van der Waals surface area contributed by atoms with Gasteiger partial charge in [-0.2, -0.15) is 0 Å². The molecule has 0 spiro atoms. The van der Waals surface area contributed by atoms with E-state index in [2.05, 4.69) is 28.2 Å². The number of nitrogens with one attached hydrogen (secondary N) is 4. The first-order valence-electron chi connectivity index (χ1n) is 8.98. The van der Waals surface area contributed by atoms with Gasteiger partial charge in [0.2, 0.25) is 0 Å². The van der Waals surface area contributed by atoms with Gasteiger partial charge in [-0.25, -0.2) is 9.59 Å². The second-order valence-electron chi connectivity index (χ2n) is 6.14. The minimum Gasteiger partial charge on any atom is -0.376 e. The van der Waals surface area contributed by atoms with E-state index in [1.165, 1.54) is 0 Å². The quantitative estimate of drug-likeness (QED) is 0.543. The van der Waals surface area contributed by atoms with Crippen molar-refractivity contribution in [3.63, 3.8) is 0 Å². The second kappa shape index (κ2) is 10.6. The van der Waals surface area contributed by atoms with Crippen LogP contribution < -0.4 is 21.3 Å². The minimum absolute atomic E-state index is 0.119. The van der Waals surface area contributed by atoms with Crippen LogP contribution in [0.5, 0.6) is 0 Å². The van der Waals surface area contributed by atoms with E-state index < -0.39 is 0 Å². The summed E-state index contributed by atoms with van der Waals surface area (Å²) in [5.41, 5.74) is 1.34. The molecule has 1 atom stereocenters. The number of anilines is 2. The van der Waals surface area contributed by atoms with Crippen molar-refractivity contribution in [2.24, 2.45) is 0 Å². The third-order valence-corrected chi connectivity index (χ3v) is 3.98. The highest BCUT2D eigenvalue weighted by Gasteiger charge is 2.16. The van der Waals surface area contributed by atoms with Crippen molar-refractivity contribution in [3.8, 4) is 0 Å². The van der Waals surface area contributed by atoms with Crippen molar-refractivity contribution in [3.05, 3.63) is 24.3 Å². The zero-order chi connectivity index (χ0) is 17.9. The van der Waals surface area contributed by atoms with Gasteiger partial charge in [0.1, 0.15) is 0 Å². The highest BCUT2D eigenvalue weighted by Crippen LogP contribution is 2.14. The Balaban J connectivity index is 1.67. The first-order valence-corrected chi connectivity index (χ1v) is 8.98. The lowest BCUT2D eigenvalue weighted by atomic mass is 10.2. The Morgan fingerprint density at radius 1 is 1.04 bits per heavy atom. The van der Waals surface area contributed by atoms with E-state index in [1.807, 2.05) is 0 Å². The molecule has 0 radical (unpaired) electrons. The van der Waals surface area contributed by atoms with E-state index in [1.54, 1.807) is 24.3 Å². The molecule has 1 aliphatic heterocycles. The number of carbonyl (C=O) groups excluding carboxylic acids is 2. The van der Waals surface area contributed by atoms with Crippen molar-refractivity contribution in [2.75, 3.05) is 30.3 Å². The lowest BCUT2D eigenvalue weighted by Gasteiger charge is -2.12. The summed E-state index contributed by atoms with van der Waals surface area (Å²) in [7, 11) is 0. The van der Waals surface area contributed by atoms with Gasteiger partial charge in [0.25, 0.3) is 0 Å². The van der Waals surface area contributed by atoms with Crippen LogP contribution in [0.4, 0.5) is 21.0 Å². The maximum Gasteiger partial charge on any atom is 0.319 e. The Morgan fingerprint density at radius 2 is 1.68 bits per heavy atom. The van der Waals surface area contributed by atoms with Crippen LogP contribution in [0, 0.1) is 0 Å². The van der Waals surface area contributed by atoms with E-state index in [-0.39, 0.29) is 18.2 Å². The van der Waals surface area contributed by atoms with Crippen molar-refractivity contribution in [1.29, 1.82) is 0 Å². The number of hydrogen-bond acceptors (Lipinski definition) is 3. The van der Waals surface area contributed by atoms with Crippen LogP contribution in [-0.2, 0) is 4.74 Å². The van der Waals surface area contributed by atoms with Gasteiger partial charge in [0.15, 0.2) is 0 Å². The minimum atomic E-state index is -0.259. The summed E-state index contributed by atoms with van der Waals surface area (Å²) in [5, 5.41) is 11.1. The molecule has 138 valence electrons. The number of ether oxygens (including phenoxy) is 1. The van der Waals surface area contributed by atoms with Gasteiger partial charge in [-0.05, 0) is 43.5 Å². The zero-order valence-corrected chi connectivity index (χ0v) is 14.8. The largest absolute Gasteiger partial charge is 0.376 e. The van der Waals surface area contributed by atoms with Gasteiger partial charge in [-0.15, -0.1) is 0 Å². The van der Waals surface area contributed by atoms with E-state index in [4.69, 9.17) is 4.74 Å². The zero-order valence-electron chi connectivity index (χ0n) is 14.8. The normalized spacial score (nSPS) is 16.3. The van der Waals surface area contributed by atoms with Crippen LogP contribution in [0.1, 0.15) is 39.0 Å². The molecule has 2 rings (SSSR count). The molecular formula is C18H28N4O3. The molecule has 25 heavy (non-hydrogen) atoms. The molecule has 7 heteroatoms. The van der Waals surface area contributed by atoms with Crippen LogP contribution in [0.2, 0.25) is 0 Å². The van der Waals surface area contributed by atoms with Gasteiger partial charge >= 0.3 is 12.1 Å². The standard InChI is InChI=1S/C18H28N4O3/c1-2-3-4-11-19-17(23)21-14-7-9-15(10-8-14)22-18(24)20-13-16-6-5-12-25-16/h7-10,16H,2-6,11-13H2,1H3,(H2,19,21,23)(H2,20,22,24)/t16-/m1/s1. The van der Waals surface area contributed by atoms with Crippen LogP contribution in [-0.4, -0.2) is 37.9 Å².